The molecule has 0 fully saturated rings. The third-order valence-electron chi connectivity index (χ3n) is 3.23. The number of nitrogens with zero attached hydrogens (tertiary/aromatic N) is 1. The third kappa shape index (κ3) is 4.43. The Morgan fingerprint density at radius 2 is 1.90 bits per heavy atom. The monoisotopic (exact) mass is 303 g/mol. The summed E-state index contributed by atoms with van der Waals surface area (Å²) in [6.45, 7) is 0.633. The van der Waals surface area contributed by atoms with Crippen molar-refractivity contribution in [2.75, 3.05) is 7.05 Å². The predicted molar refractivity (Wildman–Crippen MR) is 82.5 cm³/mol. The fraction of sp³-hybridized carbons (Fsp3) is 0.250. The van der Waals surface area contributed by atoms with E-state index < -0.39 is 5.97 Å². The Labute approximate surface area is 127 Å². The molecule has 0 aliphatic rings. The number of benzene rings is 1. The molecule has 5 heteroatoms. The number of amides is 1. The summed E-state index contributed by atoms with van der Waals surface area (Å²) in [6, 6.07) is 10.6. The molecular weight excluding hydrogens is 286 g/mol. The SMILES string of the molecule is CN(Cc1cccs1)C(=O)CCc1ccc(C(=O)O)cc1. The van der Waals surface area contributed by atoms with Crippen molar-refractivity contribution in [3.63, 3.8) is 0 Å². The first-order valence-electron chi connectivity index (χ1n) is 6.65. The zero-order valence-corrected chi connectivity index (χ0v) is 12.6. The first-order valence-corrected chi connectivity index (χ1v) is 7.53. The lowest BCUT2D eigenvalue weighted by molar-refractivity contribution is -0.130. The molecule has 1 amide bonds. The lowest BCUT2D eigenvalue weighted by Crippen LogP contribution is -2.25. The van der Waals surface area contributed by atoms with Crippen molar-refractivity contribution in [1.82, 2.24) is 4.90 Å². The van der Waals surface area contributed by atoms with Crippen LogP contribution < -0.4 is 0 Å². The van der Waals surface area contributed by atoms with Gasteiger partial charge in [0.05, 0.1) is 12.1 Å². The average molecular weight is 303 g/mol. The zero-order valence-electron chi connectivity index (χ0n) is 11.8. The second-order valence-electron chi connectivity index (χ2n) is 4.83. The molecule has 1 N–H and O–H groups in total. The van der Waals surface area contributed by atoms with Crippen molar-refractivity contribution in [3.8, 4) is 0 Å². The van der Waals surface area contributed by atoms with Crippen molar-refractivity contribution in [2.45, 2.75) is 19.4 Å². The van der Waals surface area contributed by atoms with Gasteiger partial charge >= 0.3 is 5.97 Å². The van der Waals surface area contributed by atoms with Crippen LogP contribution in [-0.2, 0) is 17.8 Å². The largest absolute Gasteiger partial charge is 0.478 e. The molecule has 21 heavy (non-hydrogen) atoms. The Balaban J connectivity index is 1.84. The van der Waals surface area contributed by atoms with E-state index in [1.165, 1.54) is 0 Å². The van der Waals surface area contributed by atoms with Crippen LogP contribution in [0.2, 0.25) is 0 Å². The van der Waals surface area contributed by atoms with Gasteiger partial charge in [0, 0.05) is 18.3 Å². The van der Waals surface area contributed by atoms with Gasteiger partial charge in [-0.2, -0.15) is 0 Å². The number of hydrogen-bond acceptors (Lipinski definition) is 3. The van der Waals surface area contributed by atoms with Crippen molar-refractivity contribution in [2.24, 2.45) is 0 Å². The maximum Gasteiger partial charge on any atom is 0.335 e. The number of aryl methyl sites for hydroxylation is 1. The van der Waals surface area contributed by atoms with Crippen molar-refractivity contribution in [1.29, 1.82) is 0 Å². The second-order valence-corrected chi connectivity index (χ2v) is 5.86. The van der Waals surface area contributed by atoms with Crippen LogP contribution in [0.25, 0.3) is 0 Å². The van der Waals surface area contributed by atoms with Gasteiger partial charge < -0.3 is 10.0 Å². The molecule has 110 valence electrons. The number of hydrogen-bond donors (Lipinski definition) is 1. The highest BCUT2D eigenvalue weighted by Crippen LogP contribution is 2.12. The maximum absolute atomic E-state index is 12.1. The van der Waals surface area contributed by atoms with Gasteiger partial charge in [-0.15, -0.1) is 11.3 Å². The van der Waals surface area contributed by atoms with Gasteiger partial charge in [0.1, 0.15) is 0 Å². The van der Waals surface area contributed by atoms with Gasteiger partial charge in [0.15, 0.2) is 0 Å². The van der Waals surface area contributed by atoms with E-state index in [4.69, 9.17) is 5.11 Å². The summed E-state index contributed by atoms with van der Waals surface area (Å²) in [7, 11) is 1.80. The van der Waals surface area contributed by atoms with Crippen LogP contribution in [0, 0.1) is 0 Å². The van der Waals surface area contributed by atoms with Gasteiger partial charge in [-0.05, 0) is 35.6 Å². The Kier molecular flexibility index (Phi) is 5.11. The van der Waals surface area contributed by atoms with E-state index in [-0.39, 0.29) is 11.5 Å². The van der Waals surface area contributed by atoms with E-state index >= 15 is 0 Å². The summed E-state index contributed by atoms with van der Waals surface area (Å²) in [5, 5.41) is 10.8. The first kappa shape index (κ1) is 15.3. The number of carboxylic acids is 1. The van der Waals surface area contributed by atoms with E-state index in [1.54, 1.807) is 47.5 Å². The van der Waals surface area contributed by atoms with Crippen LogP contribution in [-0.4, -0.2) is 28.9 Å². The normalized spacial score (nSPS) is 10.3. The summed E-state index contributed by atoms with van der Waals surface area (Å²) in [6.07, 6.45) is 1.04. The minimum atomic E-state index is -0.937. The Morgan fingerprint density at radius 3 is 2.48 bits per heavy atom. The van der Waals surface area contributed by atoms with Gasteiger partial charge in [-0.25, -0.2) is 4.79 Å². The number of aromatic carboxylic acids is 1. The van der Waals surface area contributed by atoms with Gasteiger partial charge in [-0.3, -0.25) is 4.79 Å². The standard InChI is InChI=1S/C16H17NO3S/c1-17(11-14-3-2-10-21-14)15(18)9-6-12-4-7-13(8-5-12)16(19)20/h2-5,7-8,10H,6,9,11H2,1H3,(H,19,20). The molecule has 1 heterocycles. The van der Waals surface area contributed by atoms with E-state index in [9.17, 15) is 9.59 Å². The molecule has 0 saturated carbocycles. The quantitative estimate of drug-likeness (QED) is 0.892. The molecule has 0 saturated heterocycles. The highest BCUT2D eigenvalue weighted by molar-refractivity contribution is 7.09. The number of carbonyl (C=O) groups is 2. The second kappa shape index (κ2) is 7.04. The van der Waals surface area contributed by atoms with Crippen LogP contribution >= 0.6 is 11.3 Å². The number of carbonyl (C=O) groups excluding carboxylic acids is 1. The van der Waals surface area contributed by atoms with Crippen LogP contribution in [0.3, 0.4) is 0 Å². The molecule has 2 rings (SSSR count). The van der Waals surface area contributed by atoms with Gasteiger partial charge in [0.25, 0.3) is 0 Å². The van der Waals surface area contributed by atoms with Crippen LogP contribution in [0.1, 0.15) is 27.2 Å². The van der Waals surface area contributed by atoms with E-state index in [0.29, 0.717) is 19.4 Å². The van der Waals surface area contributed by atoms with Gasteiger partial charge in [0.2, 0.25) is 5.91 Å². The van der Waals surface area contributed by atoms with Crippen molar-refractivity contribution >= 4 is 23.2 Å². The van der Waals surface area contributed by atoms with Crippen molar-refractivity contribution in [3.05, 3.63) is 57.8 Å². The topological polar surface area (TPSA) is 57.6 Å². The highest BCUT2D eigenvalue weighted by Gasteiger charge is 2.10. The smallest absolute Gasteiger partial charge is 0.335 e. The summed E-state index contributed by atoms with van der Waals surface area (Å²) < 4.78 is 0. The maximum atomic E-state index is 12.1. The predicted octanol–water partition coefficient (Wildman–Crippen LogP) is 3.04. The molecule has 1 aromatic carbocycles. The molecule has 0 spiro atoms. The number of rotatable bonds is 6. The molecule has 0 unspecified atom stereocenters. The Morgan fingerprint density at radius 1 is 1.19 bits per heavy atom. The molecule has 0 aliphatic carbocycles. The zero-order chi connectivity index (χ0) is 15.2. The summed E-state index contributed by atoms with van der Waals surface area (Å²) >= 11 is 1.64. The molecule has 0 bridgehead atoms. The highest BCUT2D eigenvalue weighted by atomic mass is 32.1. The molecule has 1 aromatic heterocycles. The molecule has 2 aromatic rings. The number of thiophene rings is 1. The van der Waals surface area contributed by atoms with E-state index in [0.717, 1.165) is 10.4 Å². The molecule has 0 aliphatic heterocycles. The lowest BCUT2D eigenvalue weighted by atomic mass is 10.1. The minimum absolute atomic E-state index is 0.0886. The summed E-state index contributed by atoms with van der Waals surface area (Å²) in [5.41, 5.74) is 1.23. The molecule has 0 atom stereocenters. The average Bonchev–Trinajstić information content (AvgIpc) is 2.98. The van der Waals surface area contributed by atoms with Gasteiger partial charge in [-0.1, -0.05) is 18.2 Å². The summed E-state index contributed by atoms with van der Waals surface area (Å²) in [4.78, 5) is 25.7. The molecular formula is C16H17NO3S. The molecule has 0 radical (unpaired) electrons. The van der Waals surface area contributed by atoms with E-state index in [2.05, 4.69) is 0 Å². The Hall–Kier alpha value is -2.14. The third-order valence-corrected chi connectivity index (χ3v) is 4.09. The summed E-state index contributed by atoms with van der Waals surface area (Å²) in [5.74, 6) is -0.848. The fourth-order valence-electron chi connectivity index (χ4n) is 1.98. The van der Waals surface area contributed by atoms with E-state index in [1.807, 2.05) is 17.5 Å². The lowest BCUT2D eigenvalue weighted by Gasteiger charge is -2.16. The number of carboxylic acid groups (broad SMARTS) is 1. The van der Waals surface area contributed by atoms with Crippen LogP contribution in [0.4, 0.5) is 0 Å². The first-order chi connectivity index (χ1) is 10.1. The Bertz CT molecular complexity index is 605. The minimum Gasteiger partial charge on any atom is -0.478 e. The van der Waals surface area contributed by atoms with Crippen LogP contribution in [0.15, 0.2) is 41.8 Å². The molecule has 4 nitrogen and oxygen atoms in total. The van der Waals surface area contributed by atoms with Crippen LogP contribution in [0.5, 0.6) is 0 Å². The fourth-order valence-corrected chi connectivity index (χ4v) is 2.74. The van der Waals surface area contributed by atoms with Crippen molar-refractivity contribution < 1.29 is 14.7 Å².